The van der Waals surface area contributed by atoms with Gasteiger partial charge >= 0.3 is 15.5 Å². The number of rotatable bonds is 6. The van der Waals surface area contributed by atoms with Crippen LogP contribution in [0.2, 0.25) is 0 Å². The quantitative estimate of drug-likeness (QED) is 0.427. The third kappa shape index (κ3) is 6.06. The summed E-state index contributed by atoms with van der Waals surface area (Å²) in [5.41, 5.74) is -3.59. The van der Waals surface area contributed by atoms with Crippen molar-refractivity contribution in [2.45, 2.75) is 124 Å². The summed E-state index contributed by atoms with van der Waals surface area (Å²) >= 11 is 0. The van der Waals surface area contributed by atoms with Crippen molar-refractivity contribution >= 4 is 20.0 Å². The zero-order chi connectivity index (χ0) is 25.3. The summed E-state index contributed by atoms with van der Waals surface area (Å²) in [6.45, 7) is 0. The molecule has 198 valence electrons. The Morgan fingerprint density at radius 1 is 0.629 bits per heavy atom. The van der Waals surface area contributed by atoms with E-state index in [1.165, 1.54) is 6.42 Å². The third-order valence-electron chi connectivity index (χ3n) is 8.13. The summed E-state index contributed by atoms with van der Waals surface area (Å²) in [5, 5.41) is 0. The molecule has 0 bridgehead atoms. The molecular formula is C25H36F3NO4S2. The van der Waals surface area contributed by atoms with Crippen molar-refractivity contribution < 1.29 is 30.0 Å². The van der Waals surface area contributed by atoms with Crippen LogP contribution in [0, 0.1) is 0 Å². The van der Waals surface area contributed by atoms with E-state index in [1.54, 1.807) is 0 Å². The first kappa shape index (κ1) is 26.9. The summed E-state index contributed by atoms with van der Waals surface area (Å²) < 4.78 is 91.5. The van der Waals surface area contributed by atoms with Crippen LogP contribution >= 0.6 is 0 Å². The second-order valence-electron chi connectivity index (χ2n) is 10.6. The minimum atomic E-state index is -6.07. The molecule has 0 heterocycles. The van der Waals surface area contributed by atoms with Gasteiger partial charge in [0.25, 0.3) is 10.0 Å². The molecule has 0 spiro atoms. The largest absolute Gasteiger partial charge is 0.512 e. The number of hydrogen-bond acceptors (Lipinski definition) is 4. The minimum absolute atomic E-state index is 0.102. The lowest BCUT2D eigenvalue weighted by Crippen LogP contribution is -2.41. The summed E-state index contributed by atoms with van der Waals surface area (Å²) in [7, 11) is -11.0. The summed E-state index contributed by atoms with van der Waals surface area (Å²) in [6.07, 6.45) is 14.2. The van der Waals surface area contributed by atoms with Gasteiger partial charge in [0, 0.05) is 0 Å². The zero-order valence-electron chi connectivity index (χ0n) is 20.1. The van der Waals surface area contributed by atoms with Gasteiger partial charge in [-0.05, 0) is 73.0 Å². The standard InChI is InChI=1S/C25H36F3NO4S2/c26-25(27,28)35(32,33)29-34(30,31)24-22(19-12-6-2-7-13-19)16-21(18-10-4-1-5-11-18)17-23(24)20-14-8-3-9-15-20/h16-20,29H,1-15H2. The molecule has 3 saturated carbocycles. The molecule has 1 aromatic carbocycles. The first-order valence-corrected chi connectivity index (χ1v) is 16.0. The number of sulfonamides is 2. The van der Waals surface area contributed by atoms with Gasteiger partial charge < -0.3 is 0 Å². The lowest BCUT2D eigenvalue weighted by Gasteiger charge is -2.32. The molecule has 10 heteroatoms. The molecule has 1 N–H and O–H groups in total. The summed E-state index contributed by atoms with van der Waals surface area (Å²) in [4.78, 5) is -0.205. The first-order valence-electron chi connectivity index (χ1n) is 13.0. The van der Waals surface area contributed by atoms with E-state index in [0.717, 1.165) is 99.6 Å². The molecule has 0 amide bonds. The van der Waals surface area contributed by atoms with E-state index >= 15 is 0 Å². The van der Waals surface area contributed by atoms with Gasteiger partial charge in [0.15, 0.2) is 0 Å². The van der Waals surface area contributed by atoms with Crippen LogP contribution in [0.15, 0.2) is 17.0 Å². The van der Waals surface area contributed by atoms with Crippen LogP contribution in [-0.4, -0.2) is 22.3 Å². The zero-order valence-corrected chi connectivity index (χ0v) is 21.7. The van der Waals surface area contributed by atoms with Crippen LogP contribution in [0.4, 0.5) is 13.2 Å². The smallest absolute Gasteiger partial charge is 0.206 e. The molecule has 0 atom stereocenters. The Morgan fingerprint density at radius 2 is 1.00 bits per heavy atom. The van der Waals surface area contributed by atoms with Gasteiger partial charge in [-0.2, -0.15) is 13.2 Å². The van der Waals surface area contributed by atoms with Gasteiger partial charge in [0.05, 0.1) is 4.90 Å². The van der Waals surface area contributed by atoms with Crippen molar-refractivity contribution in [3.8, 4) is 0 Å². The number of nitrogens with one attached hydrogen (secondary N) is 1. The minimum Gasteiger partial charge on any atom is -0.206 e. The van der Waals surface area contributed by atoms with Crippen LogP contribution in [0.1, 0.15) is 131 Å². The van der Waals surface area contributed by atoms with Crippen molar-refractivity contribution in [1.29, 1.82) is 0 Å². The Kier molecular flexibility index (Phi) is 8.23. The summed E-state index contributed by atoms with van der Waals surface area (Å²) in [6, 6.07) is 3.79. The van der Waals surface area contributed by atoms with E-state index in [2.05, 4.69) is 0 Å². The average Bonchev–Trinajstić information content (AvgIpc) is 2.83. The monoisotopic (exact) mass is 535 g/mol. The van der Waals surface area contributed by atoms with Crippen LogP contribution < -0.4 is 4.13 Å². The van der Waals surface area contributed by atoms with Gasteiger partial charge in [-0.3, -0.25) is 0 Å². The predicted molar refractivity (Wildman–Crippen MR) is 129 cm³/mol. The van der Waals surface area contributed by atoms with Gasteiger partial charge in [-0.15, -0.1) is 0 Å². The Morgan fingerprint density at radius 3 is 1.37 bits per heavy atom. The number of hydrogen-bond donors (Lipinski definition) is 1. The normalized spacial score (nSPS) is 22.4. The van der Waals surface area contributed by atoms with E-state index in [0.29, 0.717) is 17.0 Å². The second-order valence-corrected chi connectivity index (χ2v) is 14.1. The molecule has 0 aliphatic heterocycles. The van der Waals surface area contributed by atoms with Crippen LogP contribution in [0.3, 0.4) is 0 Å². The Balaban J connectivity index is 1.90. The highest BCUT2D eigenvalue weighted by Gasteiger charge is 2.49. The number of alkyl halides is 3. The maximum atomic E-state index is 13.5. The molecule has 3 aliphatic carbocycles. The van der Waals surface area contributed by atoms with Gasteiger partial charge in [-0.1, -0.05) is 74.0 Å². The second kappa shape index (κ2) is 10.7. The van der Waals surface area contributed by atoms with Gasteiger partial charge in [0.1, 0.15) is 0 Å². The highest BCUT2D eigenvalue weighted by Crippen LogP contribution is 2.45. The van der Waals surface area contributed by atoms with Gasteiger partial charge in [-0.25, -0.2) is 16.8 Å². The molecule has 0 radical (unpaired) electrons. The SMILES string of the molecule is O=S(=O)(NS(=O)(=O)C(F)(F)F)c1c(C2CCCCC2)cc(C2CCCCC2)cc1C1CCCCC1. The number of benzene rings is 1. The fourth-order valence-electron chi connectivity index (χ4n) is 6.35. The number of halogens is 3. The molecule has 0 unspecified atom stereocenters. The van der Waals surface area contributed by atoms with E-state index in [-0.39, 0.29) is 16.7 Å². The highest BCUT2D eigenvalue weighted by molar-refractivity contribution is 8.05. The van der Waals surface area contributed by atoms with E-state index < -0.39 is 25.6 Å². The van der Waals surface area contributed by atoms with Crippen LogP contribution in [0.25, 0.3) is 0 Å². The lowest BCUT2D eigenvalue weighted by atomic mass is 9.76. The van der Waals surface area contributed by atoms with Crippen molar-refractivity contribution in [2.75, 3.05) is 0 Å². The van der Waals surface area contributed by atoms with Crippen molar-refractivity contribution in [1.82, 2.24) is 4.13 Å². The molecular weight excluding hydrogens is 499 g/mol. The lowest BCUT2D eigenvalue weighted by molar-refractivity contribution is -0.0441. The third-order valence-corrected chi connectivity index (χ3v) is 11.5. The van der Waals surface area contributed by atoms with Crippen molar-refractivity contribution in [3.05, 3.63) is 28.8 Å². The molecule has 1 aromatic rings. The predicted octanol–water partition coefficient (Wildman–Crippen LogP) is 6.96. The van der Waals surface area contributed by atoms with Crippen LogP contribution in [0.5, 0.6) is 0 Å². The first-order chi connectivity index (χ1) is 16.5. The summed E-state index contributed by atoms with van der Waals surface area (Å²) in [5.74, 6) is 0.0987. The molecule has 5 nitrogen and oxygen atoms in total. The van der Waals surface area contributed by atoms with Crippen molar-refractivity contribution in [3.63, 3.8) is 0 Å². The topological polar surface area (TPSA) is 80.3 Å². The molecule has 4 rings (SSSR count). The molecule has 3 aliphatic rings. The van der Waals surface area contributed by atoms with Crippen molar-refractivity contribution in [2.24, 2.45) is 0 Å². The molecule has 35 heavy (non-hydrogen) atoms. The van der Waals surface area contributed by atoms with Crippen LogP contribution in [-0.2, 0) is 20.0 Å². The maximum absolute atomic E-state index is 13.5. The van der Waals surface area contributed by atoms with E-state index in [1.807, 2.05) is 12.1 Å². The molecule has 0 saturated heterocycles. The average molecular weight is 536 g/mol. The Hall–Kier alpha value is -1.13. The van der Waals surface area contributed by atoms with E-state index in [9.17, 15) is 30.0 Å². The Labute approximate surface area is 207 Å². The fourth-order valence-corrected chi connectivity index (χ4v) is 9.29. The van der Waals surface area contributed by atoms with E-state index in [4.69, 9.17) is 0 Å². The maximum Gasteiger partial charge on any atom is 0.512 e. The Bertz CT molecular complexity index is 1060. The fraction of sp³-hybridized carbons (Fsp3) is 0.760. The molecule has 0 aromatic heterocycles. The van der Waals surface area contributed by atoms with Gasteiger partial charge in [0.2, 0.25) is 0 Å². The molecule has 3 fully saturated rings. The highest BCUT2D eigenvalue weighted by atomic mass is 32.3.